The quantitative estimate of drug-likeness (QED) is 0.324. The smallest absolute Gasteiger partial charge is 0.251 e. The molecule has 36 heavy (non-hydrogen) atoms. The van der Waals surface area contributed by atoms with Crippen molar-refractivity contribution in [2.45, 2.75) is 45.4 Å². The van der Waals surface area contributed by atoms with E-state index in [-0.39, 0.29) is 18.9 Å². The van der Waals surface area contributed by atoms with Crippen LogP contribution in [0.1, 0.15) is 40.9 Å². The number of carbonyl (C=O) groups is 2. The summed E-state index contributed by atoms with van der Waals surface area (Å²) in [6.45, 7) is 4.13. The molecule has 0 aliphatic rings. The normalized spacial score (nSPS) is 12.6. The van der Waals surface area contributed by atoms with E-state index in [2.05, 4.69) is 28.9 Å². The minimum absolute atomic E-state index is 0.0264. The molecule has 190 valence electrons. The monoisotopic (exact) mass is 495 g/mol. The van der Waals surface area contributed by atoms with Gasteiger partial charge in [-0.05, 0) is 65.9 Å². The van der Waals surface area contributed by atoms with Crippen molar-refractivity contribution in [2.24, 2.45) is 0 Å². The lowest BCUT2D eigenvalue weighted by atomic mass is 10.00. The number of aliphatic hydroxyl groups excluding tert-OH is 1. The number of hydrogen-bond donors (Lipinski definition) is 4. The Bertz CT molecular complexity index is 1160. The molecule has 0 radical (unpaired) electrons. The molecule has 3 rings (SSSR count). The Morgan fingerprint density at radius 2 is 1.58 bits per heavy atom. The molecule has 0 saturated carbocycles. The maximum atomic E-state index is 13.8. The molecule has 0 spiro atoms. The predicted octanol–water partition coefficient (Wildman–Crippen LogP) is 3.98. The molecule has 0 heterocycles. The molecule has 3 aromatic rings. The van der Waals surface area contributed by atoms with Gasteiger partial charge in [0.25, 0.3) is 5.91 Å². The number of aryl methyl sites for hydroxylation is 1. The van der Waals surface area contributed by atoms with Crippen molar-refractivity contribution in [3.05, 3.63) is 101 Å². The Labute approximate surface area is 209 Å². The molecule has 0 aliphatic heterocycles. The summed E-state index contributed by atoms with van der Waals surface area (Å²) in [5.74, 6) is -2.15. The predicted molar refractivity (Wildman–Crippen MR) is 136 cm³/mol. The van der Waals surface area contributed by atoms with E-state index in [1.54, 1.807) is 24.3 Å². The first-order valence-electron chi connectivity index (χ1n) is 11.8. The van der Waals surface area contributed by atoms with Crippen molar-refractivity contribution in [1.82, 2.24) is 10.6 Å². The van der Waals surface area contributed by atoms with Crippen LogP contribution in [0.25, 0.3) is 0 Å². The number of anilines is 1. The summed E-state index contributed by atoms with van der Waals surface area (Å²) < 4.78 is 27.5. The van der Waals surface area contributed by atoms with Crippen LogP contribution in [0.5, 0.6) is 0 Å². The number of amides is 2. The van der Waals surface area contributed by atoms with Gasteiger partial charge in [0.05, 0.1) is 12.1 Å². The van der Waals surface area contributed by atoms with Gasteiger partial charge >= 0.3 is 0 Å². The molecule has 0 aromatic heterocycles. The van der Waals surface area contributed by atoms with Gasteiger partial charge in [0.2, 0.25) is 5.91 Å². The van der Waals surface area contributed by atoms with Crippen LogP contribution in [0.3, 0.4) is 0 Å². The van der Waals surface area contributed by atoms with Gasteiger partial charge in [0.15, 0.2) is 0 Å². The van der Waals surface area contributed by atoms with Crippen LogP contribution in [0.2, 0.25) is 0 Å². The maximum Gasteiger partial charge on any atom is 0.251 e. The van der Waals surface area contributed by atoms with E-state index in [1.165, 1.54) is 24.6 Å². The molecule has 0 fully saturated rings. The lowest BCUT2D eigenvalue weighted by Crippen LogP contribution is -2.48. The fourth-order valence-electron chi connectivity index (χ4n) is 3.89. The van der Waals surface area contributed by atoms with Gasteiger partial charge in [-0.15, -0.1) is 0 Å². The number of nitrogens with one attached hydrogen (secondary N) is 3. The van der Waals surface area contributed by atoms with E-state index in [1.807, 2.05) is 18.2 Å². The Balaban J connectivity index is 1.70. The summed E-state index contributed by atoms with van der Waals surface area (Å²) in [4.78, 5) is 24.1. The first-order valence-corrected chi connectivity index (χ1v) is 11.8. The summed E-state index contributed by atoms with van der Waals surface area (Å²) in [6, 6.07) is 16.7. The van der Waals surface area contributed by atoms with Crippen molar-refractivity contribution in [3.8, 4) is 0 Å². The van der Waals surface area contributed by atoms with E-state index < -0.39 is 29.7 Å². The summed E-state index contributed by atoms with van der Waals surface area (Å²) in [7, 11) is 0. The molecule has 0 bridgehead atoms. The molecule has 0 aliphatic carbocycles. The third kappa shape index (κ3) is 8.25. The van der Waals surface area contributed by atoms with E-state index in [4.69, 9.17) is 0 Å². The first-order chi connectivity index (χ1) is 17.2. The fourth-order valence-corrected chi connectivity index (χ4v) is 3.89. The third-order valence-corrected chi connectivity index (χ3v) is 5.71. The van der Waals surface area contributed by atoms with Crippen LogP contribution in [-0.2, 0) is 24.2 Å². The van der Waals surface area contributed by atoms with Gasteiger partial charge in [-0.1, -0.05) is 31.2 Å². The van der Waals surface area contributed by atoms with Crippen LogP contribution in [0.15, 0.2) is 66.7 Å². The van der Waals surface area contributed by atoms with Crippen LogP contribution >= 0.6 is 0 Å². The molecular weight excluding hydrogens is 464 g/mol. The second kappa shape index (κ2) is 12.9. The number of halogens is 2. The molecule has 2 amide bonds. The average Bonchev–Trinajstić information content (AvgIpc) is 2.83. The van der Waals surface area contributed by atoms with Crippen LogP contribution < -0.4 is 16.0 Å². The zero-order valence-corrected chi connectivity index (χ0v) is 20.4. The molecule has 2 atom stereocenters. The van der Waals surface area contributed by atoms with E-state index in [0.29, 0.717) is 23.4 Å². The first kappa shape index (κ1) is 27.0. The van der Waals surface area contributed by atoms with E-state index in [9.17, 15) is 23.5 Å². The van der Waals surface area contributed by atoms with Crippen molar-refractivity contribution < 1.29 is 23.5 Å². The Kier molecular flexibility index (Phi) is 9.67. The highest BCUT2D eigenvalue weighted by Gasteiger charge is 2.23. The lowest BCUT2D eigenvalue weighted by molar-refractivity contribution is -0.114. The number of aliphatic hydroxyl groups is 1. The van der Waals surface area contributed by atoms with Gasteiger partial charge in [-0.2, -0.15) is 0 Å². The van der Waals surface area contributed by atoms with Crippen LogP contribution in [0.4, 0.5) is 14.5 Å². The zero-order valence-electron chi connectivity index (χ0n) is 20.4. The lowest BCUT2D eigenvalue weighted by Gasteiger charge is -2.25. The molecule has 3 aromatic carbocycles. The largest absolute Gasteiger partial charge is 0.390 e. The highest BCUT2D eigenvalue weighted by Crippen LogP contribution is 2.14. The van der Waals surface area contributed by atoms with Crippen molar-refractivity contribution in [3.63, 3.8) is 0 Å². The molecule has 6 nitrogen and oxygen atoms in total. The van der Waals surface area contributed by atoms with Crippen molar-refractivity contribution in [1.29, 1.82) is 0 Å². The number of rotatable bonds is 11. The van der Waals surface area contributed by atoms with Gasteiger partial charge in [0.1, 0.15) is 11.6 Å². The molecule has 0 unspecified atom stereocenters. The molecular formula is C28H31F2N3O3. The summed E-state index contributed by atoms with van der Waals surface area (Å²) in [5.41, 5.74) is 3.44. The fraction of sp³-hybridized carbons (Fsp3) is 0.286. The second-order valence-electron chi connectivity index (χ2n) is 8.69. The van der Waals surface area contributed by atoms with Crippen molar-refractivity contribution >= 4 is 17.5 Å². The van der Waals surface area contributed by atoms with Gasteiger partial charge < -0.3 is 21.1 Å². The number of hydrogen-bond acceptors (Lipinski definition) is 4. The Morgan fingerprint density at radius 1 is 0.917 bits per heavy atom. The van der Waals surface area contributed by atoms with Gasteiger partial charge in [0, 0.05) is 37.3 Å². The molecule has 0 saturated heterocycles. The summed E-state index contributed by atoms with van der Waals surface area (Å²) in [5, 5.41) is 19.5. The second-order valence-corrected chi connectivity index (χ2v) is 8.69. The topological polar surface area (TPSA) is 90.5 Å². The highest BCUT2D eigenvalue weighted by atomic mass is 19.1. The van der Waals surface area contributed by atoms with E-state index in [0.717, 1.165) is 18.1 Å². The number of carbonyl (C=O) groups excluding carboxylic acids is 2. The minimum Gasteiger partial charge on any atom is -0.390 e. The zero-order chi connectivity index (χ0) is 26.1. The minimum atomic E-state index is -1.03. The highest BCUT2D eigenvalue weighted by molar-refractivity contribution is 5.95. The average molecular weight is 496 g/mol. The Hall–Kier alpha value is -3.62. The van der Waals surface area contributed by atoms with Crippen molar-refractivity contribution in [2.75, 3.05) is 11.9 Å². The maximum absolute atomic E-state index is 13.8. The summed E-state index contributed by atoms with van der Waals surface area (Å²) in [6.07, 6.45) is -0.0904. The Morgan fingerprint density at radius 3 is 2.22 bits per heavy atom. The molecule has 4 N–H and O–H groups in total. The van der Waals surface area contributed by atoms with Crippen LogP contribution in [0, 0.1) is 11.6 Å². The standard InChI is InChI=1S/C28H31F2N3O3/c1-3-19-5-4-6-20(11-19)16-31-17-27(35)26(14-21-12-23(29)15-24(30)13-21)33-28(36)22-7-9-25(10-8-22)32-18(2)34/h4-13,15,26-27,31,35H,3,14,16-17H2,1-2H3,(H,32,34)(H,33,36)/t26-,27-/m0/s1. The third-order valence-electron chi connectivity index (χ3n) is 5.71. The van der Waals surface area contributed by atoms with Crippen LogP contribution in [-0.4, -0.2) is 35.6 Å². The number of benzene rings is 3. The van der Waals surface area contributed by atoms with Gasteiger partial charge in [-0.3, -0.25) is 9.59 Å². The summed E-state index contributed by atoms with van der Waals surface area (Å²) >= 11 is 0. The molecule has 8 heteroatoms. The van der Waals surface area contributed by atoms with E-state index >= 15 is 0 Å². The SMILES string of the molecule is CCc1cccc(CNC[C@H](O)[C@H](Cc2cc(F)cc(F)c2)NC(=O)c2ccc(NC(C)=O)cc2)c1. The van der Waals surface area contributed by atoms with Gasteiger partial charge in [-0.25, -0.2) is 8.78 Å².